The van der Waals surface area contributed by atoms with E-state index in [-0.39, 0.29) is 21.5 Å². The SMILES string of the molecule is CCC(C)NS(=O)(=O)c1cc(C)n(S(=O)(=O)c2ccccc2)c1C. The van der Waals surface area contributed by atoms with Gasteiger partial charge < -0.3 is 0 Å². The number of nitrogens with zero attached hydrogens (tertiary/aromatic N) is 1. The molecule has 1 atom stereocenters. The highest BCUT2D eigenvalue weighted by Gasteiger charge is 2.28. The topological polar surface area (TPSA) is 85.2 Å². The van der Waals surface area contributed by atoms with Gasteiger partial charge in [0.15, 0.2) is 0 Å². The van der Waals surface area contributed by atoms with Gasteiger partial charge in [-0.1, -0.05) is 25.1 Å². The van der Waals surface area contributed by atoms with Gasteiger partial charge in [0.2, 0.25) is 10.0 Å². The lowest BCUT2D eigenvalue weighted by atomic mass is 10.3. The van der Waals surface area contributed by atoms with Gasteiger partial charge in [-0.05, 0) is 45.4 Å². The molecule has 0 aliphatic carbocycles. The maximum Gasteiger partial charge on any atom is 0.268 e. The lowest BCUT2D eigenvalue weighted by Gasteiger charge is -2.13. The zero-order chi connectivity index (χ0) is 18.1. The maximum atomic E-state index is 12.8. The fourth-order valence-corrected chi connectivity index (χ4v) is 5.76. The molecule has 0 saturated carbocycles. The lowest BCUT2D eigenvalue weighted by molar-refractivity contribution is 0.555. The van der Waals surface area contributed by atoms with Crippen LogP contribution in [-0.2, 0) is 20.0 Å². The van der Waals surface area contributed by atoms with Gasteiger partial charge >= 0.3 is 0 Å². The molecular weight excluding hydrogens is 348 g/mol. The first-order valence-corrected chi connectivity index (χ1v) is 10.6. The van der Waals surface area contributed by atoms with Gasteiger partial charge in [-0.25, -0.2) is 25.5 Å². The number of rotatable bonds is 6. The molecule has 1 aromatic heterocycles. The molecule has 0 aliphatic rings. The van der Waals surface area contributed by atoms with Crippen molar-refractivity contribution in [2.75, 3.05) is 0 Å². The average molecular weight is 370 g/mol. The van der Waals surface area contributed by atoms with E-state index < -0.39 is 20.0 Å². The first kappa shape index (κ1) is 18.7. The fraction of sp³-hybridized carbons (Fsp3) is 0.375. The van der Waals surface area contributed by atoms with E-state index in [1.165, 1.54) is 25.1 Å². The molecular formula is C16H22N2O4S2. The summed E-state index contributed by atoms with van der Waals surface area (Å²) in [6, 6.07) is 9.11. The molecule has 0 bridgehead atoms. The van der Waals surface area contributed by atoms with Crippen LogP contribution in [0.15, 0.2) is 46.2 Å². The first-order chi connectivity index (χ1) is 11.1. The van der Waals surface area contributed by atoms with Crippen LogP contribution in [0.5, 0.6) is 0 Å². The Balaban J connectivity index is 2.59. The van der Waals surface area contributed by atoms with Crippen LogP contribution in [0.1, 0.15) is 31.7 Å². The van der Waals surface area contributed by atoms with Crippen LogP contribution in [0, 0.1) is 13.8 Å². The van der Waals surface area contributed by atoms with Crippen LogP contribution in [0.3, 0.4) is 0 Å². The number of aromatic nitrogens is 1. The Morgan fingerprint density at radius 1 is 1.08 bits per heavy atom. The average Bonchev–Trinajstić information content (AvgIpc) is 2.83. The molecule has 0 saturated heterocycles. The lowest BCUT2D eigenvalue weighted by Crippen LogP contribution is -2.32. The third kappa shape index (κ3) is 3.40. The van der Waals surface area contributed by atoms with E-state index in [1.54, 1.807) is 32.0 Å². The standard InChI is InChI=1S/C16H22N2O4S2/c1-5-12(2)17-23(19,20)16-11-13(3)18(14(16)4)24(21,22)15-9-7-6-8-10-15/h6-12,17H,5H2,1-4H3. The normalized spacial score (nSPS) is 13.8. The van der Waals surface area contributed by atoms with E-state index in [0.29, 0.717) is 12.1 Å². The fourth-order valence-electron chi connectivity index (χ4n) is 2.47. The number of benzene rings is 1. The molecule has 1 unspecified atom stereocenters. The van der Waals surface area contributed by atoms with E-state index in [0.717, 1.165) is 3.97 Å². The highest BCUT2D eigenvalue weighted by atomic mass is 32.2. The van der Waals surface area contributed by atoms with Crippen LogP contribution < -0.4 is 4.72 Å². The minimum Gasteiger partial charge on any atom is -0.242 e. The molecule has 2 aromatic rings. The molecule has 0 amide bonds. The summed E-state index contributed by atoms with van der Waals surface area (Å²) in [7, 11) is -7.63. The van der Waals surface area contributed by atoms with Crippen molar-refractivity contribution in [2.45, 2.75) is 49.9 Å². The van der Waals surface area contributed by atoms with E-state index in [4.69, 9.17) is 0 Å². The summed E-state index contributed by atoms with van der Waals surface area (Å²) < 4.78 is 54.4. The Labute approximate surface area is 143 Å². The molecule has 24 heavy (non-hydrogen) atoms. The van der Waals surface area contributed by atoms with Crippen LogP contribution in [-0.4, -0.2) is 26.8 Å². The van der Waals surface area contributed by atoms with E-state index >= 15 is 0 Å². The first-order valence-electron chi connectivity index (χ1n) is 7.63. The Morgan fingerprint density at radius 3 is 2.21 bits per heavy atom. The summed E-state index contributed by atoms with van der Waals surface area (Å²) in [6.45, 7) is 6.71. The Kier molecular flexibility index (Phi) is 5.22. The third-order valence-electron chi connectivity index (χ3n) is 3.86. The Bertz CT molecular complexity index is 930. The molecule has 1 heterocycles. The summed E-state index contributed by atoms with van der Waals surface area (Å²) in [4.78, 5) is 0.102. The molecule has 132 valence electrons. The van der Waals surface area contributed by atoms with E-state index in [2.05, 4.69) is 4.72 Å². The summed E-state index contributed by atoms with van der Waals surface area (Å²) in [5, 5.41) is 0. The number of hydrogen-bond donors (Lipinski definition) is 1. The van der Waals surface area contributed by atoms with E-state index in [1.807, 2.05) is 6.92 Å². The zero-order valence-corrected chi connectivity index (χ0v) is 15.8. The van der Waals surface area contributed by atoms with Gasteiger partial charge in [-0.15, -0.1) is 0 Å². The summed E-state index contributed by atoms with van der Waals surface area (Å²) in [5.74, 6) is 0. The molecule has 1 N–H and O–H groups in total. The highest BCUT2D eigenvalue weighted by Crippen LogP contribution is 2.25. The van der Waals surface area contributed by atoms with Gasteiger partial charge in [0.05, 0.1) is 10.6 Å². The van der Waals surface area contributed by atoms with Crippen molar-refractivity contribution < 1.29 is 16.8 Å². The van der Waals surface area contributed by atoms with Crippen molar-refractivity contribution in [3.05, 3.63) is 47.8 Å². The van der Waals surface area contributed by atoms with Crippen molar-refractivity contribution in [3.8, 4) is 0 Å². The summed E-state index contributed by atoms with van der Waals surface area (Å²) >= 11 is 0. The molecule has 0 radical (unpaired) electrons. The second-order valence-electron chi connectivity index (χ2n) is 5.75. The highest BCUT2D eigenvalue weighted by molar-refractivity contribution is 7.90. The second-order valence-corrected chi connectivity index (χ2v) is 9.22. The largest absolute Gasteiger partial charge is 0.268 e. The van der Waals surface area contributed by atoms with Gasteiger partial charge in [-0.2, -0.15) is 0 Å². The van der Waals surface area contributed by atoms with Crippen molar-refractivity contribution in [2.24, 2.45) is 0 Å². The molecule has 8 heteroatoms. The summed E-state index contributed by atoms with van der Waals surface area (Å²) in [5.41, 5.74) is 0.521. The third-order valence-corrected chi connectivity index (χ3v) is 7.48. The number of aryl methyl sites for hydroxylation is 1. The van der Waals surface area contributed by atoms with Gasteiger partial charge in [0.25, 0.3) is 10.0 Å². The molecule has 2 rings (SSSR count). The van der Waals surface area contributed by atoms with Gasteiger partial charge in [-0.3, -0.25) is 0 Å². The Morgan fingerprint density at radius 2 is 1.67 bits per heavy atom. The smallest absolute Gasteiger partial charge is 0.242 e. The predicted octanol–water partition coefficient (Wildman–Crippen LogP) is 2.42. The zero-order valence-electron chi connectivity index (χ0n) is 14.1. The van der Waals surface area contributed by atoms with Crippen LogP contribution in [0.25, 0.3) is 0 Å². The van der Waals surface area contributed by atoms with Crippen molar-refractivity contribution in [1.82, 2.24) is 8.69 Å². The molecule has 1 aromatic carbocycles. The van der Waals surface area contributed by atoms with E-state index in [9.17, 15) is 16.8 Å². The van der Waals surface area contributed by atoms with Crippen molar-refractivity contribution in [3.63, 3.8) is 0 Å². The van der Waals surface area contributed by atoms with Crippen LogP contribution in [0.2, 0.25) is 0 Å². The monoisotopic (exact) mass is 370 g/mol. The van der Waals surface area contributed by atoms with Crippen molar-refractivity contribution in [1.29, 1.82) is 0 Å². The summed E-state index contributed by atoms with van der Waals surface area (Å²) in [6.07, 6.45) is 0.639. The minimum absolute atomic E-state index is 0.0141. The predicted molar refractivity (Wildman–Crippen MR) is 93.0 cm³/mol. The number of hydrogen-bond acceptors (Lipinski definition) is 4. The van der Waals surface area contributed by atoms with Crippen LogP contribution >= 0.6 is 0 Å². The van der Waals surface area contributed by atoms with Gasteiger partial charge in [0.1, 0.15) is 4.90 Å². The molecule has 0 spiro atoms. The molecule has 0 fully saturated rings. The maximum absolute atomic E-state index is 12.8. The molecule has 0 aliphatic heterocycles. The minimum atomic E-state index is -3.85. The Hall–Kier alpha value is -1.64. The second kappa shape index (κ2) is 6.70. The van der Waals surface area contributed by atoms with Crippen LogP contribution in [0.4, 0.5) is 0 Å². The molecule has 6 nitrogen and oxygen atoms in total. The number of sulfonamides is 1. The van der Waals surface area contributed by atoms with Crippen molar-refractivity contribution >= 4 is 20.0 Å². The number of nitrogens with one attached hydrogen (secondary N) is 1. The quantitative estimate of drug-likeness (QED) is 0.846. The van der Waals surface area contributed by atoms with Gasteiger partial charge in [0, 0.05) is 11.7 Å².